The van der Waals surface area contributed by atoms with Gasteiger partial charge in [-0.15, -0.1) is 0 Å². The van der Waals surface area contributed by atoms with Gasteiger partial charge in [-0.1, -0.05) is 15.9 Å². The molecule has 0 spiro atoms. The van der Waals surface area contributed by atoms with E-state index in [1.54, 1.807) is 18.2 Å². The molecule has 94 valence electrons. The Morgan fingerprint density at radius 1 is 1.41 bits per heavy atom. The van der Waals surface area contributed by atoms with Gasteiger partial charge in [-0.3, -0.25) is 0 Å². The number of hydrogen-bond acceptors (Lipinski definition) is 2. The lowest BCUT2D eigenvalue weighted by Gasteiger charge is -2.13. The van der Waals surface area contributed by atoms with Gasteiger partial charge in [-0.05, 0) is 56.4 Å². The number of rotatable bonds is 4. The molecular weight excluding hydrogens is 302 g/mol. The van der Waals surface area contributed by atoms with Crippen LogP contribution >= 0.6 is 15.9 Å². The predicted octanol–water partition coefficient (Wildman–Crippen LogP) is 2.83. The van der Waals surface area contributed by atoms with Crippen molar-refractivity contribution in [2.45, 2.75) is 37.6 Å². The summed E-state index contributed by atoms with van der Waals surface area (Å²) in [5, 5.41) is 0. The van der Waals surface area contributed by atoms with Crippen LogP contribution in [0.1, 0.15) is 25.3 Å². The first kappa shape index (κ1) is 13.1. The van der Waals surface area contributed by atoms with E-state index < -0.39 is 10.0 Å². The van der Waals surface area contributed by atoms with Crippen LogP contribution < -0.4 is 4.72 Å². The molecule has 2 rings (SSSR count). The second-order valence-electron chi connectivity index (χ2n) is 4.66. The van der Waals surface area contributed by atoms with E-state index in [-0.39, 0.29) is 6.04 Å². The predicted molar refractivity (Wildman–Crippen MR) is 71.4 cm³/mol. The number of benzene rings is 1. The minimum atomic E-state index is -3.37. The average Bonchev–Trinajstić information content (AvgIpc) is 3.04. The van der Waals surface area contributed by atoms with Crippen LogP contribution in [0, 0.1) is 12.8 Å². The van der Waals surface area contributed by atoms with Crippen molar-refractivity contribution in [2.75, 3.05) is 0 Å². The fourth-order valence-electron chi connectivity index (χ4n) is 1.79. The molecule has 1 aliphatic rings. The molecule has 0 heterocycles. The average molecular weight is 318 g/mol. The molecule has 0 radical (unpaired) electrons. The van der Waals surface area contributed by atoms with E-state index in [0.29, 0.717) is 10.8 Å². The number of nitrogens with one attached hydrogen (secondary N) is 1. The van der Waals surface area contributed by atoms with Crippen molar-refractivity contribution in [2.24, 2.45) is 5.92 Å². The molecule has 0 aliphatic heterocycles. The van der Waals surface area contributed by atoms with Crippen LogP contribution in [0.25, 0.3) is 0 Å². The first-order valence-electron chi connectivity index (χ1n) is 5.68. The van der Waals surface area contributed by atoms with Gasteiger partial charge in [0.1, 0.15) is 0 Å². The minimum Gasteiger partial charge on any atom is -0.208 e. The molecule has 0 saturated heterocycles. The first-order valence-corrected chi connectivity index (χ1v) is 7.96. The molecule has 5 heteroatoms. The van der Waals surface area contributed by atoms with Crippen LogP contribution in [0.2, 0.25) is 0 Å². The topological polar surface area (TPSA) is 46.2 Å². The molecule has 0 aromatic heterocycles. The summed E-state index contributed by atoms with van der Waals surface area (Å²) in [6, 6.07) is 5.11. The van der Waals surface area contributed by atoms with Crippen LogP contribution in [0.3, 0.4) is 0 Å². The van der Waals surface area contributed by atoms with Crippen LogP contribution in [0.15, 0.2) is 27.6 Å². The lowest BCUT2D eigenvalue weighted by Crippen LogP contribution is -2.34. The van der Waals surface area contributed by atoms with Gasteiger partial charge in [-0.25, -0.2) is 13.1 Å². The lowest BCUT2D eigenvalue weighted by atomic mass is 10.2. The van der Waals surface area contributed by atoms with E-state index >= 15 is 0 Å². The van der Waals surface area contributed by atoms with Crippen LogP contribution in [-0.4, -0.2) is 14.5 Å². The van der Waals surface area contributed by atoms with Crippen molar-refractivity contribution < 1.29 is 8.42 Å². The maximum atomic E-state index is 12.1. The molecule has 3 nitrogen and oxygen atoms in total. The van der Waals surface area contributed by atoms with E-state index in [2.05, 4.69) is 20.7 Å². The Morgan fingerprint density at radius 3 is 2.59 bits per heavy atom. The fourth-order valence-corrected chi connectivity index (χ4v) is 3.43. The van der Waals surface area contributed by atoms with E-state index in [1.807, 2.05) is 13.8 Å². The second-order valence-corrected chi connectivity index (χ2v) is 7.23. The summed E-state index contributed by atoms with van der Waals surface area (Å²) in [5.74, 6) is 0.515. The Bertz CT molecular complexity index is 523. The van der Waals surface area contributed by atoms with Crippen molar-refractivity contribution in [1.29, 1.82) is 0 Å². The highest BCUT2D eigenvalue weighted by Crippen LogP contribution is 2.33. The summed E-state index contributed by atoms with van der Waals surface area (Å²) < 4.78 is 27.9. The summed E-state index contributed by atoms with van der Waals surface area (Å²) in [6.45, 7) is 3.81. The minimum absolute atomic E-state index is 0.0314. The van der Waals surface area contributed by atoms with Gasteiger partial charge in [-0.2, -0.15) is 0 Å². The Balaban J connectivity index is 2.21. The molecule has 0 amide bonds. The highest BCUT2D eigenvalue weighted by molar-refractivity contribution is 9.10. The SMILES string of the molecule is Cc1cc(S(=O)(=O)NC(C)C2CC2)ccc1Br. The molecule has 1 aliphatic carbocycles. The largest absolute Gasteiger partial charge is 0.240 e. The van der Waals surface area contributed by atoms with Crippen LogP contribution in [0.5, 0.6) is 0 Å². The first-order chi connectivity index (χ1) is 7.90. The zero-order valence-corrected chi connectivity index (χ0v) is 12.3. The van der Waals surface area contributed by atoms with Gasteiger partial charge >= 0.3 is 0 Å². The molecule has 1 saturated carbocycles. The normalized spacial score (nSPS) is 18.1. The van der Waals surface area contributed by atoms with E-state index in [9.17, 15) is 8.42 Å². The van der Waals surface area contributed by atoms with Crippen molar-refractivity contribution >= 4 is 26.0 Å². The Labute approximate surface area is 111 Å². The van der Waals surface area contributed by atoms with Crippen molar-refractivity contribution in [3.05, 3.63) is 28.2 Å². The van der Waals surface area contributed by atoms with Crippen molar-refractivity contribution in [3.8, 4) is 0 Å². The smallest absolute Gasteiger partial charge is 0.208 e. The van der Waals surface area contributed by atoms with Gasteiger partial charge < -0.3 is 0 Å². The molecule has 1 atom stereocenters. The Morgan fingerprint density at radius 2 is 2.06 bits per heavy atom. The summed E-state index contributed by atoms with van der Waals surface area (Å²) in [7, 11) is -3.37. The number of sulfonamides is 1. The van der Waals surface area contributed by atoms with Gasteiger partial charge in [0.15, 0.2) is 0 Å². The molecule has 1 unspecified atom stereocenters. The van der Waals surface area contributed by atoms with Crippen LogP contribution in [-0.2, 0) is 10.0 Å². The van der Waals surface area contributed by atoms with Gasteiger partial charge in [0, 0.05) is 10.5 Å². The third kappa shape index (κ3) is 3.09. The zero-order valence-electron chi connectivity index (χ0n) is 9.90. The summed E-state index contributed by atoms with van der Waals surface area (Å²) in [6.07, 6.45) is 2.26. The fraction of sp³-hybridized carbons (Fsp3) is 0.500. The van der Waals surface area contributed by atoms with E-state index in [4.69, 9.17) is 0 Å². The number of hydrogen-bond donors (Lipinski definition) is 1. The summed E-state index contributed by atoms with van der Waals surface area (Å²) >= 11 is 3.36. The number of halogens is 1. The zero-order chi connectivity index (χ0) is 12.6. The molecule has 1 aromatic carbocycles. The molecule has 1 N–H and O–H groups in total. The van der Waals surface area contributed by atoms with Crippen molar-refractivity contribution in [1.82, 2.24) is 4.72 Å². The Hall–Kier alpha value is -0.390. The molecule has 17 heavy (non-hydrogen) atoms. The quantitative estimate of drug-likeness (QED) is 0.928. The molecule has 1 aromatic rings. The molecule has 1 fully saturated rings. The van der Waals surface area contributed by atoms with E-state index in [1.165, 1.54) is 0 Å². The standard InChI is InChI=1S/C12H16BrNO2S/c1-8-7-11(5-6-12(8)13)17(15,16)14-9(2)10-3-4-10/h5-7,9-10,14H,3-4H2,1-2H3. The van der Waals surface area contributed by atoms with Gasteiger partial charge in [0.05, 0.1) is 4.90 Å². The van der Waals surface area contributed by atoms with Gasteiger partial charge in [0.2, 0.25) is 10.0 Å². The monoisotopic (exact) mass is 317 g/mol. The summed E-state index contributed by atoms with van der Waals surface area (Å²) in [5.41, 5.74) is 0.923. The maximum Gasteiger partial charge on any atom is 0.240 e. The highest BCUT2D eigenvalue weighted by Gasteiger charge is 2.31. The lowest BCUT2D eigenvalue weighted by molar-refractivity contribution is 0.538. The molecule has 0 bridgehead atoms. The second kappa shape index (κ2) is 4.71. The summed E-state index contributed by atoms with van der Waals surface area (Å²) in [4.78, 5) is 0.339. The third-order valence-electron chi connectivity index (χ3n) is 3.11. The Kier molecular flexibility index (Phi) is 3.61. The highest BCUT2D eigenvalue weighted by atomic mass is 79.9. The number of aryl methyl sites for hydroxylation is 1. The van der Waals surface area contributed by atoms with Crippen LogP contribution in [0.4, 0.5) is 0 Å². The van der Waals surface area contributed by atoms with Gasteiger partial charge in [0.25, 0.3) is 0 Å². The third-order valence-corrected chi connectivity index (χ3v) is 5.56. The van der Waals surface area contributed by atoms with E-state index in [0.717, 1.165) is 22.9 Å². The maximum absolute atomic E-state index is 12.1. The molecular formula is C12H16BrNO2S. The van der Waals surface area contributed by atoms with Crippen molar-refractivity contribution in [3.63, 3.8) is 0 Å².